The number of carbonyl (C=O) groups excluding carboxylic acids is 3. The van der Waals surface area contributed by atoms with Crippen molar-refractivity contribution in [2.24, 2.45) is 0 Å². The van der Waals surface area contributed by atoms with E-state index in [1.807, 2.05) is 19.1 Å². The van der Waals surface area contributed by atoms with E-state index in [-0.39, 0.29) is 37.4 Å². The zero-order chi connectivity index (χ0) is 25.0. The Balaban J connectivity index is 1.88. The van der Waals surface area contributed by atoms with Crippen LogP contribution in [0.15, 0.2) is 47.1 Å². The SMILES string of the molecule is CCOc1ccccc1[C@H](C(=O)NC1CCCCC1)N(CCOC)C(=O)CNC(=O)c1ccco1. The predicted molar refractivity (Wildman–Crippen MR) is 130 cm³/mol. The molecule has 0 unspecified atom stereocenters. The molecule has 0 aliphatic heterocycles. The van der Waals surface area contributed by atoms with E-state index in [2.05, 4.69) is 10.6 Å². The van der Waals surface area contributed by atoms with E-state index in [0.717, 1.165) is 32.1 Å². The van der Waals surface area contributed by atoms with Gasteiger partial charge in [-0.2, -0.15) is 0 Å². The minimum atomic E-state index is -0.942. The van der Waals surface area contributed by atoms with Crippen molar-refractivity contribution in [1.82, 2.24) is 15.5 Å². The van der Waals surface area contributed by atoms with Crippen LogP contribution in [0.3, 0.4) is 0 Å². The van der Waals surface area contributed by atoms with Gasteiger partial charge in [0.25, 0.3) is 5.91 Å². The zero-order valence-electron chi connectivity index (χ0n) is 20.5. The van der Waals surface area contributed by atoms with Crippen molar-refractivity contribution in [2.45, 2.75) is 51.1 Å². The van der Waals surface area contributed by atoms with Gasteiger partial charge in [0.2, 0.25) is 11.8 Å². The van der Waals surface area contributed by atoms with Crippen LogP contribution in [0.1, 0.15) is 61.2 Å². The molecule has 1 fully saturated rings. The highest BCUT2D eigenvalue weighted by atomic mass is 16.5. The lowest BCUT2D eigenvalue weighted by Crippen LogP contribution is -2.50. The van der Waals surface area contributed by atoms with Crippen molar-refractivity contribution in [1.29, 1.82) is 0 Å². The van der Waals surface area contributed by atoms with Crippen molar-refractivity contribution in [3.63, 3.8) is 0 Å². The van der Waals surface area contributed by atoms with Crippen LogP contribution in [0.5, 0.6) is 5.75 Å². The molecule has 1 saturated carbocycles. The van der Waals surface area contributed by atoms with Crippen LogP contribution in [0.2, 0.25) is 0 Å². The largest absolute Gasteiger partial charge is 0.494 e. The van der Waals surface area contributed by atoms with E-state index in [1.165, 1.54) is 24.3 Å². The van der Waals surface area contributed by atoms with Crippen molar-refractivity contribution in [3.05, 3.63) is 54.0 Å². The first-order valence-electron chi connectivity index (χ1n) is 12.2. The summed E-state index contributed by atoms with van der Waals surface area (Å²) in [6.45, 7) is 2.37. The second-order valence-electron chi connectivity index (χ2n) is 8.46. The minimum absolute atomic E-state index is 0.0658. The van der Waals surface area contributed by atoms with Crippen molar-refractivity contribution in [2.75, 3.05) is 33.4 Å². The third-order valence-corrected chi connectivity index (χ3v) is 6.03. The summed E-state index contributed by atoms with van der Waals surface area (Å²) in [6, 6.07) is 9.46. The predicted octanol–water partition coefficient (Wildman–Crippen LogP) is 3.07. The summed E-state index contributed by atoms with van der Waals surface area (Å²) < 4.78 is 16.1. The fourth-order valence-electron chi connectivity index (χ4n) is 4.31. The average molecular weight is 486 g/mol. The number of methoxy groups -OCH3 is 1. The normalized spacial score (nSPS) is 14.7. The maximum atomic E-state index is 13.7. The van der Waals surface area contributed by atoms with Gasteiger partial charge in [-0.1, -0.05) is 37.5 Å². The number of benzene rings is 1. The van der Waals surface area contributed by atoms with E-state index in [9.17, 15) is 14.4 Å². The molecule has 3 amide bonds. The van der Waals surface area contributed by atoms with Gasteiger partial charge in [0.05, 0.1) is 26.0 Å². The number of rotatable bonds is 12. The molecule has 0 radical (unpaired) electrons. The Morgan fingerprint density at radius 2 is 1.89 bits per heavy atom. The van der Waals surface area contributed by atoms with Crippen LogP contribution in [0.4, 0.5) is 0 Å². The van der Waals surface area contributed by atoms with Gasteiger partial charge in [0.15, 0.2) is 5.76 Å². The van der Waals surface area contributed by atoms with E-state index in [0.29, 0.717) is 17.9 Å². The van der Waals surface area contributed by atoms with Crippen molar-refractivity contribution < 1.29 is 28.3 Å². The van der Waals surface area contributed by atoms with Crippen molar-refractivity contribution in [3.8, 4) is 5.75 Å². The van der Waals surface area contributed by atoms with Crippen molar-refractivity contribution >= 4 is 17.7 Å². The van der Waals surface area contributed by atoms with Gasteiger partial charge in [-0.25, -0.2) is 0 Å². The third kappa shape index (κ3) is 7.32. The van der Waals surface area contributed by atoms with Crippen LogP contribution in [0, 0.1) is 0 Å². The third-order valence-electron chi connectivity index (χ3n) is 6.03. The second-order valence-corrected chi connectivity index (χ2v) is 8.46. The molecule has 2 N–H and O–H groups in total. The molecular formula is C26H35N3O6. The van der Waals surface area contributed by atoms with Crippen LogP contribution in [0.25, 0.3) is 0 Å². The number of amides is 3. The van der Waals surface area contributed by atoms with Gasteiger partial charge in [-0.3, -0.25) is 14.4 Å². The lowest BCUT2D eigenvalue weighted by atomic mass is 9.94. The Bertz CT molecular complexity index is 956. The average Bonchev–Trinajstić information content (AvgIpc) is 3.41. The molecule has 1 aromatic carbocycles. The van der Waals surface area contributed by atoms with Gasteiger partial charge in [-0.05, 0) is 38.0 Å². The molecule has 1 aromatic heterocycles. The van der Waals surface area contributed by atoms with Gasteiger partial charge in [0.1, 0.15) is 11.8 Å². The standard InChI is InChI=1S/C26H35N3O6/c1-3-34-21-13-8-7-12-20(21)24(26(32)28-19-10-5-4-6-11-19)29(15-17-33-2)23(30)18-27-25(31)22-14-9-16-35-22/h7-9,12-14,16,19,24H,3-6,10-11,15,17-18H2,1-2H3,(H,27,31)(H,28,32)/t24-/m1/s1. The van der Waals surface area contributed by atoms with Crippen LogP contribution in [-0.4, -0.2) is 62.1 Å². The van der Waals surface area contributed by atoms with E-state index in [1.54, 1.807) is 18.2 Å². The molecule has 35 heavy (non-hydrogen) atoms. The van der Waals surface area contributed by atoms with E-state index < -0.39 is 17.9 Å². The summed E-state index contributed by atoms with van der Waals surface area (Å²) in [4.78, 5) is 40.9. The minimum Gasteiger partial charge on any atom is -0.494 e. The first-order valence-corrected chi connectivity index (χ1v) is 12.2. The number of ether oxygens (including phenoxy) is 2. The van der Waals surface area contributed by atoms with E-state index in [4.69, 9.17) is 13.9 Å². The molecule has 1 atom stereocenters. The summed E-state index contributed by atoms with van der Waals surface area (Å²) in [6.07, 6.45) is 6.51. The number of hydrogen-bond donors (Lipinski definition) is 2. The highest BCUT2D eigenvalue weighted by Crippen LogP contribution is 2.31. The number of nitrogens with one attached hydrogen (secondary N) is 2. The van der Waals surface area contributed by atoms with Gasteiger partial charge in [0, 0.05) is 25.3 Å². The molecule has 0 spiro atoms. The highest BCUT2D eigenvalue weighted by molar-refractivity contribution is 5.95. The monoisotopic (exact) mass is 485 g/mol. The molecule has 1 aliphatic rings. The molecule has 1 aliphatic carbocycles. The summed E-state index contributed by atoms with van der Waals surface area (Å²) in [7, 11) is 1.53. The molecule has 9 heteroatoms. The Morgan fingerprint density at radius 1 is 1.11 bits per heavy atom. The lowest BCUT2D eigenvalue weighted by molar-refractivity contribution is -0.141. The fourth-order valence-corrected chi connectivity index (χ4v) is 4.31. The Labute approximate surface area is 206 Å². The quantitative estimate of drug-likeness (QED) is 0.478. The van der Waals surface area contributed by atoms with Gasteiger partial charge >= 0.3 is 0 Å². The number of furan rings is 1. The number of carbonyl (C=O) groups is 3. The number of hydrogen-bond acceptors (Lipinski definition) is 6. The summed E-state index contributed by atoms with van der Waals surface area (Å²) in [5, 5.41) is 5.73. The molecule has 1 heterocycles. The molecule has 190 valence electrons. The lowest BCUT2D eigenvalue weighted by Gasteiger charge is -2.34. The molecule has 0 bridgehead atoms. The first kappa shape index (κ1) is 26.3. The topological polar surface area (TPSA) is 110 Å². The zero-order valence-corrected chi connectivity index (χ0v) is 20.5. The molecule has 9 nitrogen and oxygen atoms in total. The summed E-state index contributed by atoms with van der Waals surface area (Å²) >= 11 is 0. The molecule has 0 saturated heterocycles. The van der Waals surface area contributed by atoms with E-state index >= 15 is 0 Å². The molecule has 3 rings (SSSR count). The van der Waals surface area contributed by atoms with Crippen LogP contribution in [-0.2, 0) is 14.3 Å². The van der Waals surface area contributed by atoms with Crippen LogP contribution < -0.4 is 15.4 Å². The maximum absolute atomic E-state index is 13.7. The van der Waals surface area contributed by atoms with Gasteiger partial charge in [-0.15, -0.1) is 0 Å². The smallest absolute Gasteiger partial charge is 0.287 e. The molecule has 2 aromatic rings. The Kier molecular flexibility index (Phi) is 10.2. The number of nitrogens with zero attached hydrogens (tertiary/aromatic N) is 1. The highest BCUT2D eigenvalue weighted by Gasteiger charge is 2.34. The Morgan fingerprint density at radius 3 is 2.57 bits per heavy atom. The fraction of sp³-hybridized carbons (Fsp3) is 0.500. The second kappa shape index (κ2) is 13.5. The summed E-state index contributed by atoms with van der Waals surface area (Å²) in [5.74, 6) is -0.556. The van der Waals surface area contributed by atoms with Gasteiger partial charge < -0.3 is 29.4 Å². The first-order chi connectivity index (χ1) is 17.0. The molecular weight excluding hydrogens is 450 g/mol. The Hall–Kier alpha value is -3.33. The maximum Gasteiger partial charge on any atom is 0.287 e. The summed E-state index contributed by atoms with van der Waals surface area (Å²) in [5.41, 5.74) is 0.587. The van der Waals surface area contributed by atoms with Crippen LogP contribution >= 0.6 is 0 Å². The number of para-hydroxylation sites is 1.